The van der Waals surface area contributed by atoms with Gasteiger partial charge in [-0.25, -0.2) is 0 Å². The molecule has 0 unspecified atom stereocenters. The molecule has 1 aliphatic carbocycles. The molecule has 0 aromatic heterocycles. The molecule has 2 aliphatic rings. The quantitative estimate of drug-likeness (QED) is 0.362. The van der Waals surface area contributed by atoms with Crippen molar-refractivity contribution in [1.82, 2.24) is 0 Å². The Labute approximate surface area is 178 Å². The van der Waals surface area contributed by atoms with Crippen LogP contribution in [-0.2, 0) is 0 Å². The summed E-state index contributed by atoms with van der Waals surface area (Å²) in [5.74, 6) is 1.11. The number of ether oxygens (including phenoxy) is 1. The minimum absolute atomic E-state index is 0.162. The van der Waals surface area contributed by atoms with Crippen LogP contribution in [0.4, 0.5) is 0 Å². The highest BCUT2D eigenvalue weighted by Crippen LogP contribution is 2.48. The van der Waals surface area contributed by atoms with E-state index in [1.807, 2.05) is 0 Å². The molecule has 1 aromatic rings. The van der Waals surface area contributed by atoms with E-state index < -0.39 is 0 Å². The molecule has 0 bridgehead atoms. The molecular formula is C28H40O. The fourth-order valence-corrected chi connectivity index (χ4v) is 4.90. The number of benzene rings is 1. The van der Waals surface area contributed by atoms with Gasteiger partial charge in [-0.3, -0.25) is 0 Å². The molecule has 0 atom stereocenters. The van der Waals surface area contributed by atoms with Crippen LogP contribution in [0, 0.1) is 6.92 Å². The van der Waals surface area contributed by atoms with Gasteiger partial charge in [-0.1, -0.05) is 88.3 Å². The van der Waals surface area contributed by atoms with E-state index in [4.69, 9.17) is 4.74 Å². The van der Waals surface area contributed by atoms with Crippen LogP contribution in [-0.4, -0.2) is 5.60 Å². The lowest BCUT2D eigenvalue weighted by Crippen LogP contribution is -2.41. The Kier molecular flexibility index (Phi) is 7.81. The number of unbranched alkanes of at least 4 members (excludes halogenated alkanes) is 6. The highest BCUT2D eigenvalue weighted by atomic mass is 16.5. The van der Waals surface area contributed by atoms with Crippen molar-refractivity contribution in [3.8, 4) is 5.75 Å². The first-order valence-corrected chi connectivity index (χ1v) is 12.0. The third-order valence-electron chi connectivity index (χ3n) is 6.53. The van der Waals surface area contributed by atoms with Gasteiger partial charge >= 0.3 is 0 Å². The lowest BCUT2D eigenvalue weighted by Gasteiger charge is -2.42. The number of fused-ring (bicyclic) bond motifs is 2. The molecule has 0 spiro atoms. The van der Waals surface area contributed by atoms with Crippen LogP contribution in [0.1, 0.15) is 103 Å². The predicted octanol–water partition coefficient (Wildman–Crippen LogP) is 8.73. The van der Waals surface area contributed by atoms with Gasteiger partial charge in [-0.15, -0.1) is 0 Å². The van der Waals surface area contributed by atoms with E-state index in [0.717, 1.165) is 25.0 Å². The summed E-state index contributed by atoms with van der Waals surface area (Å²) >= 11 is 0. The number of rotatable bonds is 10. The molecular weight excluding hydrogens is 352 g/mol. The summed E-state index contributed by atoms with van der Waals surface area (Å²) in [4.78, 5) is 0. The van der Waals surface area contributed by atoms with E-state index in [-0.39, 0.29) is 5.60 Å². The average Bonchev–Trinajstić information content (AvgIpc) is 2.90. The minimum atomic E-state index is -0.162. The summed E-state index contributed by atoms with van der Waals surface area (Å²) in [5, 5.41) is 0. The SMILES string of the molecule is CCCCCCC1(CCCCCC)Oc2cc(C)ccc2C2=C1C=C(C)C=CC2. The predicted molar refractivity (Wildman–Crippen MR) is 126 cm³/mol. The van der Waals surface area contributed by atoms with Crippen molar-refractivity contribution < 1.29 is 4.74 Å². The molecule has 0 saturated heterocycles. The molecule has 0 fully saturated rings. The van der Waals surface area contributed by atoms with Crippen LogP contribution in [0.25, 0.3) is 5.57 Å². The van der Waals surface area contributed by atoms with Crippen molar-refractivity contribution in [3.05, 3.63) is 58.7 Å². The van der Waals surface area contributed by atoms with E-state index >= 15 is 0 Å². The van der Waals surface area contributed by atoms with Gasteiger partial charge < -0.3 is 4.74 Å². The zero-order valence-electron chi connectivity index (χ0n) is 19.2. The number of allylic oxidation sites excluding steroid dienone is 4. The third-order valence-corrected chi connectivity index (χ3v) is 6.53. The van der Waals surface area contributed by atoms with Gasteiger partial charge in [0.05, 0.1) is 0 Å². The standard InChI is InChI=1S/C28H40O/c1-5-7-9-11-18-28(19-12-10-8-6-2)26-20-22(3)14-13-15-24(26)25-17-16-23(4)21-27(25)29-28/h13-14,16-17,20-21H,5-12,15,18-19H2,1-4H3. The molecule has 1 nitrogen and oxygen atoms in total. The van der Waals surface area contributed by atoms with Crippen molar-refractivity contribution in [2.45, 2.75) is 104 Å². The molecule has 0 radical (unpaired) electrons. The van der Waals surface area contributed by atoms with Crippen LogP contribution in [0.15, 0.2) is 47.6 Å². The first-order valence-electron chi connectivity index (χ1n) is 12.0. The normalized spacial score (nSPS) is 17.3. The van der Waals surface area contributed by atoms with Gasteiger partial charge in [0.25, 0.3) is 0 Å². The van der Waals surface area contributed by atoms with Gasteiger partial charge in [0, 0.05) is 5.56 Å². The average molecular weight is 393 g/mol. The number of aryl methyl sites for hydroxylation is 1. The molecule has 3 rings (SSSR count). The Morgan fingerprint density at radius 3 is 2.24 bits per heavy atom. The van der Waals surface area contributed by atoms with Crippen LogP contribution in [0.2, 0.25) is 0 Å². The molecule has 29 heavy (non-hydrogen) atoms. The van der Waals surface area contributed by atoms with Gasteiger partial charge in [0.1, 0.15) is 11.4 Å². The minimum Gasteiger partial charge on any atom is -0.482 e. The molecule has 1 heterocycles. The number of hydrogen-bond donors (Lipinski definition) is 0. The smallest absolute Gasteiger partial charge is 0.134 e. The fraction of sp³-hybridized carbons (Fsp3) is 0.571. The summed E-state index contributed by atoms with van der Waals surface area (Å²) in [6.07, 6.45) is 20.6. The Hall–Kier alpha value is -1.76. The second kappa shape index (κ2) is 10.3. The summed E-state index contributed by atoms with van der Waals surface area (Å²) in [7, 11) is 0. The maximum atomic E-state index is 7.00. The van der Waals surface area contributed by atoms with E-state index in [1.54, 1.807) is 0 Å². The molecule has 158 valence electrons. The van der Waals surface area contributed by atoms with E-state index in [1.165, 1.54) is 79.2 Å². The largest absolute Gasteiger partial charge is 0.482 e. The van der Waals surface area contributed by atoms with Gasteiger partial charge in [0.15, 0.2) is 0 Å². The maximum Gasteiger partial charge on any atom is 0.134 e. The lowest BCUT2D eigenvalue weighted by molar-refractivity contribution is 0.0810. The molecule has 0 saturated carbocycles. The summed E-state index contributed by atoms with van der Waals surface area (Å²) in [6.45, 7) is 8.99. The third kappa shape index (κ3) is 5.24. The van der Waals surface area contributed by atoms with Crippen molar-refractivity contribution in [1.29, 1.82) is 0 Å². The molecule has 0 N–H and O–H groups in total. The maximum absolute atomic E-state index is 7.00. The van der Waals surface area contributed by atoms with Crippen molar-refractivity contribution in [2.75, 3.05) is 0 Å². The van der Waals surface area contributed by atoms with Gasteiger partial charge in [-0.2, -0.15) is 0 Å². The Morgan fingerprint density at radius 2 is 1.59 bits per heavy atom. The Balaban J connectivity index is 2.02. The van der Waals surface area contributed by atoms with Crippen LogP contribution in [0.3, 0.4) is 0 Å². The molecule has 1 aliphatic heterocycles. The highest BCUT2D eigenvalue weighted by Gasteiger charge is 2.41. The van der Waals surface area contributed by atoms with Crippen LogP contribution >= 0.6 is 0 Å². The second-order valence-corrected chi connectivity index (χ2v) is 9.10. The van der Waals surface area contributed by atoms with Crippen LogP contribution in [0.5, 0.6) is 5.75 Å². The van der Waals surface area contributed by atoms with Crippen molar-refractivity contribution in [2.24, 2.45) is 0 Å². The van der Waals surface area contributed by atoms with E-state index in [2.05, 4.69) is 64.1 Å². The number of hydrogen-bond acceptors (Lipinski definition) is 1. The van der Waals surface area contributed by atoms with Crippen molar-refractivity contribution >= 4 is 5.57 Å². The zero-order valence-corrected chi connectivity index (χ0v) is 19.2. The topological polar surface area (TPSA) is 9.23 Å². The molecule has 0 amide bonds. The fourth-order valence-electron chi connectivity index (χ4n) is 4.90. The lowest BCUT2D eigenvalue weighted by atomic mass is 9.76. The summed E-state index contributed by atoms with van der Waals surface area (Å²) in [6, 6.07) is 6.77. The van der Waals surface area contributed by atoms with E-state index in [0.29, 0.717) is 0 Å². The highest BCUT2D eigenvalue weighted by molar-refractivity contribution is 5.80. The van der Waals surface area contributed by atoms with Crippen LogP contribution < -0.4 is 4.74 Å². The Bertz CT molecular complexity index is 766. The summed E-state index contributed by atoms with van der Waals surface area (Å²) in [5.41, 5.74) is 6.73. The first kappa shape index (κ1) is 21.9. The first-order chi connectivity index (χ1) is 14.1. The summed E-state index contributed by atoms with van der Waals surface area (Å²) < 4.78 is 7.00. The monoisotopic (exact) mass is 392 g/mol. The Morgan fingerprint density at radius 1 is 0.897 bits per heavy atom. The second-order valence-electron chi connectivity index (χ2n) is 9.10. The molecule has 1 aromatic carbocycles. The van der Waals surface area contributed by atoms with Gasteiger partial charge in [0.2, 0.25) is 0 Å². The van der Waals surface area contributed by atoms with Gasteiger partial charge in [-0.05, 0) is 68.7 Å². The van der Waals surface area contributed by atoms with E-state index in [9.17, 15) is 0 Å². The van der Waals surface area contributed by atoms with Crippen molar-refractivity contribution in [3.63, 3.8) is 0 Å². The zero-order chi connectivity index (χ0) is 20.7. The molecule has 1 heteroatoms.